The first kappa shape index (κ1) is 24.3. The zero-order valence-electron chi connectivity index (χ0n) is 20.7. The normalized spacial score (nSPS) is 17.8. The summed E-state index contributed by atoms with van der Waals surface area (Å²) in [7, 11) is 5.87. The Hall–Kier alpha value is -3.88. The fourth-order valence-electron chi connectivity index (χ4n) is 4.62. The minimum absolute atomic E-state index is 0.0899. The molecule has 0 radical (unpaired) electrons. The number of nitrogens with one attached hydrogen (secondary N) is 1. The molecule has 1 aliphatic rings. The number of aryl methyl sites for hydroxylation is 1. The van der Waals surface area contributed by atoms with Gasteiger partial charge >= 0.3 is 0 Å². The molecule has 1 fully saturated rings. The minimum atomic E-state index is -0.641. The second-order valence-corrected chi connectivity index (χ2v) is 9.39. The Labute approximate surface area is 206 Å². The quantitative estimate of drug-likeness (QED) is 0.479. The zero-order chi connectivity index (χ0) is 25.1. The standard InChI is InChI=1S/C26H33N7O2/c1-17-19(14-22(34)18-7-9-21(10-8-18)31(2)3)6-5-12-33(17)23-15-28-24(25(27)35)26(30-23)29-20-11-13-32(4)16-20/h7-11,13,15-17,19H,5-6,12,14H2,1-4H3,(H2,27,35)(H,29,30)/t17-,19+/m1/s1. The van der Waals surface area contributed by atoms with Gasteiger partial charge < -0.3 is 25.4 Å². The molecule has 9 heteroatoms. The number of Topliss-reactive ketones (excluding diaryl/α,β-unsaturated/α-hetero) is 1. The van der Waals surface area contributed by atoms with Crippen molar-refractivity contribution in [1.29, 1.82) is 0 Å². The SMILES string of the molecule is C[C@@H]1[C@H](CC(=O)c2ccc(N(C)C)cc2)CCCN1c1cnc(C(N)=O)c(Nc2ccn(C)c2)n1. The third-order valence-corrected chi connectivity index (χ3v) is 6.68. The summed E-state index contributed by atoms with van der Waals surface area (Å²) in [6, 6.07) is 9.72. The van der Waals surface area contributed by atoms with E-state index in [1.807, 2.05) is 73.3 Å². The maximum atomic E-state index is 13.0. The highest BCUT2D eigenvalue weighted by atomic mass is 16.1. The zero-order valence-corrected chi connectivity index (χ0v) is 20.7. The Balaban J connectivity index is 1.52. The predicted molar refractivity (Wildman–Crippen MR) is 138 cm³/mol. The highest BCUT2D eigenvalue weighted by molar-refractivity contribution is 5.97. The van der Waals surface area contributed by atoms with Crippen molar-refractivity contribution in [3.8, 4) is 0 Å². The number of amides is 1. The lowest BCUT2D eigenvalue weighted by molar-refractivity contribution is 0.0944. The third kappa shape index (κ3) is 5.45. The second-order valence-electron chi connectivity index (χ2n) is 9.39. The van der Waals surface area contributed by atoms with Crippen LogP contribution >= 0.6 is 0 Å². The van der Waals surface area contributed by atoms with Crippen molar-refractivity contribution < 1.29 is 9.59 Å². The number of anilines is 4. The van der Waals surface area contributed by atoms with Crippen molar-refractivity contribution in [2.45, 2.75) is 32.2 Å². The van der Waals surface area contributed by atoms with Crippen molar-refractivity contribution in [3.63, 3.8) is 0 Å². The summed E-state index contributed by atoms with van der Waals surface area (Å²) < 4.78 is 1.89. The van der Waals surface area contributed by atoms with Crippen LogP contribution in [-0.4, -0.2) is 52.9 Å². The third-order valence-electron chi connectivity index (χ3n) is 6.68. The molecule has 3 heterocycles. The summed E-state index contributed by atoms with van der Waals surface area (Å²) in [5, 5.41) is 3.17. The lowest BCUT2D eigenvalue weighted by Gasteiger charge is -2.40. The molecule has 0 spiro atoms. The fraction of sp³-hybridized carbons (Fsp3) is 0.385. The van der Waals surface area contributed by atoms with Gasteiger partial charge in [0.1, 0.15) is 5.82 Å². The van der Waals surface area contributed by atoms with Crippen molar-refractivity contribution in [2.75, 3.05) is 35.8 Å². The molecule has 0 aliphatic carbocycles. The first-order valence-electron chi connectivity index (χ1n) is 11.9. The first-order chi connectivity index (χ1) is 16.7. The monoisotopic (exact) mass is 475 g/mol. The van der Waals surface area contributed by atoms with Crippen molar-refractivity contribution >= 4 is 34.7 Å². The molecule has 0 saturated carbocycles. The van der Waals surface area contributed by atoms with E-state index < -0.39 is 5.91 Å². The predicted octanol–water partition coefficient (Wildman–Crippen LogP) is 3.60. The summed E-state index contributed by atoms with van der Waals surface area (Å²) in [6.45, 7) is 2.93. The van der Waals surface area contributed by atoms with Crippen molar-refractivity contribution in [3.05, 3.63) is 60.2 Å². The number of primary amides is 1. The molecule has 3 aromatic rings. The van der Waals surface area contributed by atoms with Gasteiger partial charge in [-0.2, -0.15) is 0 Å². The summed E-state index contributed by atoms with van der Waals surface area (Å²) in [5.74, 6) is 0.683. The lowest BCUT2D eigenvalue weighted by Crippen LogP contribution is -2.44. The summed E-state index contributed by atoms with van der Waals surface area (Å²) >= 11 is 0. The molecule has 2 aromatic heterocycles. The van der Waals surface area contributed by atoms with E-state index in [1.165, 1.54) is 0 Å². The molecular formula is C26H33N7O2. The van der Waals surface area contributed by atoms with Gasteiger partial charge in [0.05, 0.1) is 11.9 Å². The smallest absolute Gasteiger partial charge is 0.271 e. The molecule has 0 bridgehead atoms. The molecule has 9 nitrogen and oxygen atoms in total. The van der Waals surface area contributed by atoms with Crippen LogP contribution in [-0.2, 0) is 7.05 Å². The molecule has 2 atom stereocenters. The molecule has 3 N–H and O–H groups in total. The Morgan fingerprint density at radius 2 is 1.94 bits per heavy atom. The van der Waals surface area contributed by atoms with Crippen LogP contribution in [0, 0.1) is 5.92 Å². The van der Waals surface area contributed by atoms with Crippen LogP contribution in [0.2, 0.25) is 0 Å². The second kappa shape index (κ2) is 10.2. The van der Waals surface area contributed by atoms with E-state index in [0.717, 1.165) is 36.3 Å². The number of piperidine rings is 1. The van der Waals surface area contributed by atoms with Gasteiger partial charge in [0.2, 0.25) is 0 Å². The summed E-state index contributed by atoms with van der Waals surface area (Å²) in [4.78, 5) is 38.2. The fourth-order valence-corrected chi connectivity index (χ4v) is 4.62. The van der Waals surface area contributed by atoms with Crippen LogP contribution in [0.1, 0.15) is 47.0 Å². The van der Waals surface area contributed by atoms with Crippen molar-refractivity contribution in [1.82, 2.24) is 14.5 Å². The maximum Gasteiger partial charge on any atom is 0.271 e. The molecule has 1 saturated heterocycles. The molecule has 35 heavy (non-hydrogen) atoms. The Bertz CT molecular complexity index is 1200. The van der Waals surface area contributed by atoms with Crippen LogP contribution in [0.25, 0.3) is 0 Å². The van der Waals surface area contributed by atoms with Gasteiger partial charge in [-0.1, -0.05) is 0 Å². The van der Waals surface area contributed by atoms with Crippen LogP contribution in [0.4, 0.5) is 23.0 Å². The molecule has 1 aromatic carbocycles. The summed E-state index contributed by atoms with van der Waals surface area (Å²) in [5.41, 5.74) is 8.23. The van der Waals surface area contributed by atoms with Gasteiger partial charge in [0.25, 0.3) is 5.91 Å². The van der Waals surface area contributed by atoms with Crippen molar-refractivity contribution in [2.24, 2.45) is 18.7 Å². The minimum Gasteiger partial charge on any atom is -0.378 e. The van der Waals surface area contributed by atoms with Gasteiger partial charge in [-0.05, 0) is 56.0 Å². The van der Waals surface area contributed by atoms with Gasteiger partial charge in [0, 0.05) is 63.8 Å². The lowest BCUT2D eigenvalue weighted by atomic mass is 9.85. The van der Waals surface area contributed by atoms with Gasteiger partial charge in [-0.3, -0.25) is 9.59 Å². The Morgan fingerprint density at radius 3 is 2.57 bits per heavy atom. The van der Waals surface area contributed by atoms with E-state index in [4.69, 9.17) is 10.7 Å². The van der Waals surface area contributed by atoms with Crippen LogP contribution in [0.5, 0.6) is 0 Å². The topological polar surface area (TPSA) is 109 Å². The average molecular weight is 476 g/mol. The number of benzene rings is 1. The average Bonchev–Trinajstić information content (AvgIpc) is 3.24. The van der Waals surface area contributed by atoms with Gasteiger partial charge in [-0.25, -0.2) is 9.97 Å². The number of hydrogen-bond donors (Lipinski definition) is 2. The molecule has 0 unspecified atom stereocenters. The number of carbonyl (C=O) groups excluding carboxylic acids is 2. The first-order valence-corrected chi connectivity index (χ1v) is 11.9. The highest BCUT2D eigenvalue weighted by Crippen LogP contribution is 2.32. The van der Waals surface area contributed by atoms with Gasteiger partial charge in [0.15, 0.2) is 17.3 Å². The number of rotatable bonds is 8. The Kier molecular flexibility index (Phi) is 7.04. The van der Waals surface area contributed by atoms with Gasteiger partial charge in [-0.15, -0.1) is 0 Å². The number of carbonyl (C=O) groups is 2. The largest absolute Gasteiger partial charge is 0.378 e. The van der Waals surface area contributed by atoms with E-state index in [2.05, 4.69) is 22.1 Å². The number of aromatic nitrogens is 3. The molecule has 184 valence electrons. The number of ketones is 1. The van der Waals surface area contributed by atoms with E-state index in [9.17, 15) is 9.59 Å². The van der Waals surface area contributed by atoms with Crippen LogP contribution in [0.15, 0.2) is 48.9 Å². The Morgan fingerprint density at radius 1 is 1.20 bits per heavy atom. The maximum absolute atomic E-state index is 13.0. The van der Waals surface area contributed by atoms with E-state index in [0.29, 0.717) is 18.1 Å². The highest BCUT2D eigenvalue weighted by Gasteiger charge is 2.31. The van der Waals surface area contributed by atoms with E-state index in [1.54, 1.807) is 6.20 Å². The molecular weight excluding hydrogens is 442 g/mol. The molecule has 4 rings (SSSR count). The van der Waals surface area contributed by atoms with E-state index >= 15 is 0 Å². The van der Waals surface area contributed by atoms with E-state index in [-0.39, 0.29) is 23.4 Å². The number of nitrogens with two attached hydrogens (primary N) is 1. The molecule has 1 amide bonds. The number of hydrogen-bond acceptors (Lipinski definition) is 7. The van der Waals surface area contributed by atoms with Crippen LogP contribution in [0.3, 0.4) is 0 Å². The summed E-state index contributed by atoms with van der Waals surface area (Å²) in [6.07, 6.45) is 7.77. The van der Waals surface area contributed by atoms with Crippen LogP contribution < -0.4 is 20.9 Å². The number of nitrogens with zero attached hydrogens (tertiary/aromatic N) is 5. The molecule has 1 aliphatic heterocycles.